The van der Waals surface area contributed by atoms with Gasteiger partial charge in [-0.1, -0.05) is 46.5 Å². The molecular formula is C19H20Cl3NO6. The van der Waals surface area contributed by atoms with Crippen LogP contribution in [-0.2, 0) is 27.4 Å². The normalized spacial score (nSPS) is 13.7. The third-order valence-electron chi connectivity index (χ3n) is 4.56. The predicted octanol–water partition coefficient (Wildman–Crippen LogP) is 4.34. The lowest BCUT2D eigenvalue weighted by atomic mass is 9.93. The summed E-state index contributed by atoms with van der Waals surface area (Å²) in [6.07, 6.45) is 2.41. The molecule has 2 N–H and O–H groups in total. The number of ether oxygens (including phenoxy) is 2. The Morgan fingerprint density at radius 3 is 2.52 bits per heavy atom. The summed E-state index contributed by atoms with van der Waals surface area (Å²) in [5.41, 5.74) is 2.96. The number of halogens is 3. The van der Waals surface area contributed by atoms with Crippen molar-refractivity contribution in [1.29, 1.82) is 0 Å². The minimum absolute atomic E-state index is 0.00807. The predicted molar refractivity (Wildman–Crippen MR) is 110 cm³/mol. The number of carboxylic acids is 1. The minimum Gasteiger partial charge on any atom is -0.496 e. The van der Waals surface area contributed by atoms with Crippen LogP contribution in [0.3, 0.4) is 0 Å². The van der Waals surface area contributed by atoms with Gasteiger partial charge in [-0.25, -0.2) is 4.79 Å². The van der Waals surface area contributed by atoms with E-state index in [2.05, 4.69) is 5.32 Å². The van der Waals surface area contributed by atoms with Crippen molar-refractivity contribution in [3.63, 3.8) is 0 Å². The van der Waals surface area contributed by atoms with E-state index in [4.69, 9.17) is 49.4 Å². The summed E-state index contributed by atoms with van der Waals surface area (Å²) in [6, 6.07) is 0. The number of carbonyl (C=O) groups is 3. The van der Waals surface area contributed by atoms with Gasteiger partial charge in [-0.15, -0.1) is 0 Å². The van der Waals surface area contributed by atoms with Crippen molar-refractivity contribution < 1.29 is 29.0 Å². The molecule has 0 atom stereocenters. The van der Waals surface area contributed by atoms with Gasteiger partial charge in [0.05, 0.1) is 18.4 Å². The summed E-state index contributed by atoms with van der Waals surface area (Å²) in [4.78, 5) is 35.4. The first-order chi connectivity index (χ1) is 13.5. The number of hydrogen-bond donors (Lipinski definition) is 2. The number of carbonyl (C=O) groups excluding carboxylic acids is 2. The zero-order valence-electron chi connectivity index (χ0n) is 16.0. The lowest BCUT2D eigenvalue weighted by Crippen LogP contribution is -2.28. The van der Waals surface area contributed by atoms with Crippen LogP contribution in [0.25, 0.3) is 0 Å². The van der Waals surface area contributed by atoms with Gasteiger partial charge >= 0.3 is 11.9 Å². The number of hydrogen-bond acceptors (Lipinski definition) is 5. The Bertz CT molecular complexity index is 889. The Hall–Kier alpha value is -1.96. The number of anilines is 1. The van der Waals surface area contributed by atoms with E-state index in [1.54, 1.807) is 19.9 Å². The van der Waals surface area contributed by atoms with Crippen LogP contribution in [0, 0.1) is 6.92 Å². The number of cyclic esters (lactones) is 1. The smallest absolute Gasteiger partial charge is 0.341 e. The van der Waals surface area contributed by atoms with E-state index >= 15 is 0 Å². The lowest BCUT2D eigenvalue weighted by molar-refractivity contribution is -0.137. The first kappa shape index (κ1) is 23.3. The van der Waals surface area contributed by atoms with Crippen LogP contribution >= 0.6 is 34.8 Å². The van der Waals surface area contributed by atoms with Crippen LogP contribution in [-0.4, -0.2) is 33.9 Å². The molecule has 10 heteroatoms. The van der Waals surface area contributed by atoms with E-state index in [9.17, 15) is 14.4 Å². The van der Waals surface area contributed by atoms with E-state index < -0.39 is 21.6 Å². The van der Waals surface area contributed by atoms with Crippen LogP contribution in [0.15, 0.2) is 11.6 Å². The second kappa shape index (κ2) is 9.24. The van der Waals surface area contributed by atoms with Gasteiger partial charge in [0.2, 0.25) is 0 Å². The zero-order valence-corrected chi connectivity index (χ0v) is 18.3. The highest BCUT2D eigenvalue weighted by Crippen LogP contribution is 2.42. The SMILES string of the molecule is COc1c(C)c2c(c(NC(=O)C(Cl)(Cl)Cl)c1CC=C(C)CCC(=O)O)C(=O)OC2. The monoisotopic (exact) mass is 463 g/mol. The molecule has 0 radical (unpaired) electrons. The number of rotatable bonds is 7. The van der Waals surface area contributed by atoms with E-state index in [-0.39, 0.29) is 30.7 Å². The Morgan fingerprint density at radius 1 is 1.31 bits per heavy atom. The summed E-state index contributed by atoms with van der Waals surface area (Å²) in [6.45, 7) is 3.62. The summed E-state index contributed by atoms with van der Waals surface area (Å²) in [5.74, 6) is -1.97. The fourth-order valence-electron chi connectivity index (χ4n) is 3.06. The number of aliphatic carboxylic acids is 1. The van der Waals surface area contributed by atoms with Gasteiger partial charge < -0.3 is 19.9 Å². The number of fused-ring (bicyclic) bond motifs is 1. The van der Waals surface area contributed by atoms with Gasteiger partial charge in [-0.2, -0.15) is 0 Å². The summed E-state index contributed by atoms with van der Waals surface area (Å²) < 4.78 is 8.43. The summed E-state index contributed by atoms with van der Waals surface area (Å²) in [7, 11) is 1.47. The Labute approximate surface area is 182 Å². The minimum atomic E-state index is -2.24. The molecular weight excluding hydrogens is 445 g/mol. The number of nitrogens with one attached hydrogen (secondary N) is 1. The van der Waals surface area contributed by atoms with Crippen molar-refractivity contribution in [2.75, 3.05) is 12.4 Å². The number of amides is 1. The molecule has 2 rings (SSSR count). The molecule has 0 unspecified atom stereocenters. The molecule has 1 heterocycles. The average molecular weight is 465 g/mol. The van der Waals surface area contributed by atoms with Gasteiger partial charge in [0.25, 0.3) is 9.70 Å². The fraction of sp³-hybridized carbons (Fsp3) is 0.421. The molecule has 0 aromatic heterocycles. The highest BCUT2D eigenvalue weighted by atomic mass is 35.6. The Morgan fingerprint density at radius 2 is 1.97 bits per heavy atom. The number of esters is 1. The van der Waals surface area contributed by atoms with E-state index in [1.807, 2.05) is 0 Å². The van der Waals surface area contributed by atoms with Gasteiger partial charge in [-0.3, -0.25) is 9.59 Å². The first-order valence-corrected chi connectivity index (χ1v) is 9.75. The van der Waals surface area contributed by atoms with Crippen molar-refractivity contribution in [3.05, 3.63) is 33.9 Å². The third-order valence-corrected chi connectivity index (χ3v) is 5.08. The molecule has 0 saturated heterocycles. The fourth-order valence-corrected chi connectivity index (χ4v) is 3.20. The van der Waals surface area contributed by atoms with Crippen LogP contribution in [0.5, 0.6) is 5.75 Å². The highest BCUT2D eigenvalue weighted by molar-refractivity contribution is 6.76. The molecule has 1 aliphatic heterocycles. The topological polar surface area (TPSA) is 102 Å². The lowest BCUT2D eigenvalue weighted by Gasteiger charge is -2.21. The van der Waals surface area contributed by atoms with Crippen LogP contribution in [0.2, 0.25) is 0 Å². The van der Waals surface area contributed by atoms with Crippen molar-refractivity contribution in [1.82, 2.24) is 0 Å². The maximum Gasteiger partial charge on any atom is 0.341 e. The molecule has 158 valence electrons. The zero-order chi connectivity index (χ0) is 21.9. The molecule has 0 saturated carbocycles. The molecule has 29 heavy (non-hydrogen) atoms. The largest absolute Gasteiger partial charge is 0.496 e. The van der Waals surface area contributed by atoms with E-state index in [0.29, 0.717) is 28.9 Å². The van der Waals surface area contributed by atoms with Gasteiger partial charge in [0.1, 0.15) is 12.4 Å². The molecule has 0 aliphatic carbocycles. The van der Waals surface area contributed by atoms with Crippen LogP contribution in [0.1, 0.15) is 46.8 Å². The van der Waals surface area contributed by atoms with Gasteiger partial charge in [-0.05, 0) is 32.3 Å². The van der Waals surface area contributed by atoms with Crippen LogP contribution in [0.4, 0.5) is 5.69 Å². The summed E-state index contributed by atoms with van der Waals surface area (Å²) in [5, 5.41) is 11.4. The standard InChI is InChI=1S/C19H20Cl3NO6/c1-9(5-7-13(24)25)4-6-11-15(23-18(27)19(20,21)22)14-12(8-29-17(14)26)10(2)16(11)28-3/h4H,5-8H2,1-3H3,(H,23,27)(H,24,25). The number of alkyl halides is 3. The molecule has 7 nitrogen and oxygen atoms in total. The van der Waals surface area contributed by atoms with Crippen molar-refractivity contribution in [3.8, 4) is 5.75 Å². The molecule has 0 spiro atoms. The summed E-state index contributed by atoms with van der Waals surface area (Å²) >= 11 is 17.0. The van der Waals surface area contributed by atoms with Gasteiger partial charge in [0.15, 0.2) is 0 Å². The van der Waals surface area contributed by atoms with Crippen molar-refractivity contribution in [2.45, 2.75) is 43.5 Å². The number of methoxy groups -OCH3 is 1. The molecule has 0 bridgehead atoms. The quantitative estimate of drug-likeness (QED) is 0.354. The van der Waals surface area contributed by atoms with E-state index in [0.717, 1.165) is 5.57 Å². The molecule has 1 aliphatic rings. The molecule has 1 aromatic rings. The maximum atomic E-state index is 12.3. The number of allylic oxidation sites excluding steroid dienone is 2. The second-order valence-corrected chi connectivity index (χ2v) is 8.82. The van der Waals surface area contributed by atoms with Crippen molar-refractivity contribution >= 4 is 58.3 Å². The van der Waals surface area contributed by atoms with Crippen molar-refractivity contribution in [2.24, 2.45) is 0 Å². The Balaban J connectivity index is 2.57. The van der Waals surface area contributed by atoms with Crippen LogP contribution < -0.4 is 10.1 Å². The Kier molecular flexibility index (Phi) is 7.43. The molecule has 0 fully saturated rings. The number of carboxylic acid groups (broad SMARTS) is 1. The maximum absolute atomic E-state index is 12.3. The molecule has 1 aromatic carbocycles. The van der Waals surface area contributed by atoms with Gasteiger partial charge in [0, 0.05) is 17.5 Å². The third kappa shape index (κ3) is 5.35. The van der Waals surface area contributed by atoms with E-state index in [1.165, 1.54) is 7.11 Å². The molecule has 1 amide bonds. The highest BCUT2D eigenvalue weighted by Gasteiger charge is 2.36. The first-order valence-electron chi connectivity index (χ1n) is 8.62. The second-order valence-electron chi connectivity index (χ2n) is 6.54. The average Bonchev–Trinajstić information content (AvgIpc) is 3.01. The number of benzene rings is 1.